The Balaban J connectivity index is 1.21. The molecule has 0 heterocycles. The number of amides is 2. The van der Waals surface area contributed by atoms with Crippen LogP contribution in [0.1, 0.15) is 186 Å². The first kappa shape index (κ1) is 55.8. The van der Waals surface area contributed by atoms with Crippen LogP contribution < -0.4 is 10.6 Å². The predicted octanol–water partition coefficient (Wildman–Crippen LogP) is 14.2. The summed E-state index contributed by atoms with van der Waals surface area (Å²) in [4.78, 5) is 27.3. The molecule has 2 N–H and O–H groups in total. The minimum atomic E-state index is -1.85. The van der Waals surface area contributed by atoms with Gasteiger partial charge in [0.25, 0.3) is 0 Å². The molecule has 1 aromatic carbocycles. The number of carbonyl (C=O) groups excluding carboxylic acids is 2. The first-order valence-corrected chi connectivity index (χ1v) is 30.1. The molecule has 0 saturated heterocycles. The van der Waals surface area contributed by atoms with Crippen molar-refractivity contribution in [3.8, 4) is 0 Å². The quantitative estimate of drug-likeness (QED) is 0.0992. The van der Waals surface area contributed by atoms with Gasteiger partial charge in [-0.15, -0.1) is 0 Å². The van der Waals surface area contributed by atoms with Crippen LogP contribution in [0.3, 0.4) is 0 Å². The van der Waals surface area contributed by atoms with E-state index in [1.54, 1.807) is 0 Å². The molecular formula is C57H101N3O6Si. The fourth-order valence-electron chi connectivity index (χ4n) is 13.2. The van der Waals surface area contributed by atoms with E-state index in [9.17, 15) is 9.59 Å². The Labute approximate surface area is 411 Å². The highest BCUT2D eigenvalue weighted by atomic mass is 28.4. The Morgan fingerprint density at radius 1 is 0.776 bits per heavy atom. The normalized spacial score (nSPS) is 29.9. The van der Waals surface area contributed by atoms with Gasteiger partial charge >= 0.3 is 12.2 Å². The molecule has 2 amide bonds. The molecule has 4 aliphatic rings. The van der Waals surface area contributed by atoms with Crippen LogP contribution in [0.15, 0.2) is 30.3 Å². The number of hydrogen-bond donors (Lipinski definition) is 2. The molecular weight excluding hydrogens is 851 g/mol. The summed E-state index contributed by atoms with van der Waals surface area (Å²) >= 11 is 0. The van der Waals surface area contributed by atoms with E-state index in [1.165, 1.54) is 63.4 Å². The molecule has 10 heteroatoms. The number of hydrogen-bond acceptors (Lipinski definition) is 7. The Bertz CT molecular complexity index is 1700. The maximum Gasteiger partial charge on any atom is 0.410 e. The first-order valence-electron chi connectivity index (χ1n) is 27.1. The van der Waals surface area contributed by atoms with Crippen molar-refractivity contribution < 1.29 is 28.2 Å². The number of nitrogens with one attached hydrogen (secondary N) is 2. The molecule has 0 aromatic heterocycles. The van der Waals surface area contributed by atoms with Crippen molar-refractivity contribution in [3.63, 3.8) is 0 Å². The maximum absolute atomic E-state index is 13.3. The summed E-state index contributed by atoms with van der Waals surface area (Å²) < 4.78 is 25.6. The lowest BCUT2D eigenvalue weighted by atomic mass is 9.43. The van der Waals surface area contributed by atoms with Crippen LogP contribution >= 0.6 is 0 Å². The number of benzene rings is 1. The van der Waals surface area contributed by atoms with Crippen LogP contribution in [0, 0.1) is 52.3 Å². The van der Waals surface area contributed by atoms with E-state index in [2.05, 4.69) is 109 Å². The molecule has 0 radical (unpaired) electrons. The van der Waals surface area contributed by atoms with Crippen LogP contribution in [0.25, 0.3) is 0 Å². The summed E-state index contributed by atoms with van der Waals surface area (Å²) in [6.07, 6.45) is 15.0. The molecule has 9 nitrogen and oxygen atoms in total. The van der Waals surface area contributed by atoms with E-state index in [1.807, 2.05) is 46.4 Å². The van der Waals surface area contributed by atoms with Gasteiger partial charge in [-0.2, -0.15) is 0 Å². The Hall–Kier alpha value is -2.14. The number of ether oxygens (including phenoxy) is 3. The number of unbranched alkanes of at least 4 members (excludes halogenated alkanes) is 1. The van der Waals surface area contributed by atoms with Crippen molar-refractivity contribution >= 4 is 20.5 Å². The van der Waals surface area contributed by atoms with Crippen molar-refractivity contribution in [1.29, 1.82) is 0 Å². The molecule has 1 aromatic rings. The van der Waals surface area contributed by atoms with Crippen molar-refractivity contribution in [2.24, 2.45) is 52.3 Å². The molecule has 5 rings (SSSR count). The van der Waals surface area contributed by atoms with Gasteiger partial charge in [0.2, 0.25) is 0 Å². The largest absolute Gasteiger partial charge is 0.444 e. The van der Waals surface area contributed by atoms with Crippen molar-refractivity contribution in [2.45, 2.75) is 235 Å². The SMILES string of the molecule is CC(C)C(CC[C@@H](C)[C@H]1CC[C@H]2[C@@H]3[C@H](OCc4ccccc4)CC4CC(NCCCN(CCCCNC(=O)OC(C)(C)C)C(=O)OC(C)(C)C)CC[C@]4(C)[C@H]3CC[C@]12C)O[Si](C)(C)C(C)(C)C. The average Bonchev–Trinajstić information content (AvgIpc) is 3.57. The number of alkyl carbamates (subject to hydrolysis) is 1. The highest BCUT2D eigenvalue weighted by molar-refractivity contribution is 6.74. The Kier molecular flexibility index (Phi) is 19.1. The fourth-order valence-corrected chi connectivity index (χ4v) is 14.7. The Morgan fingerprint density at radius 3 is 2.06 bits per heavy atom. The smallest absolute Gasteiger partial charge is 0.410 e. The number of nitrogens with zero attached hydrogens (tertiary/aromatic N) is 1. The van der Waals surface area contributed by atoms with E-state index in [4.69, 9.17) is 18.6 Å². The third-order valence-electron chi connectivity index (χ3n) is 17.8. The number of carbonyl (C=O) groups is 2. The van der Waals surface area contributed by atoms with Gasteiger partial charge < -0.3 is 34.2 Å². The number of fused-ring (bicyclic) bond motifs is 5. The van der Waals surface area contributed by atoms with Crippen molar-refractivity contribution in [3.05, 3.63) is 35.9 Å². The van der Waals surface area contributed by atoms with Crippen LogP contribution in [0.5, 0.6) is 0 Å². The van der Waals surface area contributed by atoms with Crippen molar-refractivity contribution in [1.82, 2.24) is 15.5 Å². The van der Waals surface area contributed by atoms with Crippen LogP contribution in [0.4, 0.5) is 9.59 Å². The highest BCUT2D eigenvalue weighted by Crippen LogP contribution is 2.69. The lowest BCUT2D eigenvalue weighted by molar-refractivity contribution is -0.185. The summed E-state index contributed by atoms with van der Waals surface area (Å²) in [7, 11) is -1.85. The van der Waals surface area contributed by atoms with E-state index in [0.717, 1.165) is 38.1 Å². The molecule has 384 valence electrons. The molecule has 11 atom stereocenters. The van der Waals surface area contributed by atoms with Gasteiger partial charge in [0.15, 0.2) is 8.32 Å². The van der Waals surface area contributed by atoms with Crippen molar-refractivity contribution in [2.75, 3.05) is 26.2 Å². The summed E-state index contributed by atoms with van der Waals surface area (Å²) in [6, 6.07) is 11.3. The van der Waals surface area contributed by atoms with Gasteiger partial charge in [-0.3, -0.25) is 0 Å². The zero-order chi connectivity index (χ0) is 49.6. The summed E-state index contributed by atoms with van der Waals surface area (Å²) in [5.41, 5.74) is 0.879. The van der Waals surface area contributed by atoms with E-state index < -0.39 is 25.6 Å². The van der Waals surface area contributed by atoms with Crippen LogP contribution in [0.2, 0.25) is 18.1 Å². The molecule has 0 aliphatic heterocycles. The monoisotopic (exact) mass is 952 g/mol. The zero-order valence-electron chi connectivity index (χ0n) is 45.8. The molecule has 4 aliphatic carbocycles. The predicted molar refractivity (Wildman–Crippen MR) is 279 cm³/mol. The molecule has 3 unspecified atom stereocenters. The lowest BCUT2D eigenvalue weighted by Crippen LogP contribution is -2.60. The van der Waals surface area contributed by atoms with Gasteiger partial charge in [-0.25, -0.2) is 9.59 Å². The second-order valence-electron chi connectivity index (χ2n) is 26.4. The van der Waals surface area contributed by atoms with E-state index >= 15 is 0 Å². The second kappa shape index (κ2) is 22.9. The van der Waals surface area contributed by atoms with Gasteiger partial charge in [-0.05, 0) is 208 Å². The molecule has 4 fully saturated rings. The van der Waals surface area contributed by atoms with Gasteiger partial charge in [0, 0.05) is 31.8 Å². The minimum absolute atomic E-state index is 0.224. The summed E-state index contributed by atoms with van der Waals surface area (Å²) in [5, 5.41) is 7.05. The molecule has 4 saturated carbocycles. The molecule has 0 spiro atoms. The lowest BCUT2D eigenvalue weighted by Gasteiger charge is -2.63. The van der Waals surface area contributed by atoms with E-state index in [0.29, 0.717) is 84.7 Å². The topological polar surface area (TPSA) is 98.4 Å². The standard InChI is InChI=1S/C57H101N3O6Si/c1-40(2)48(66-67(15,16)55(10,11)12)28-25-41(3)45-26-27-46-50-47(30-32-57(45,46)14)56(13)31-29-44(37-43(56)38-49(50)63-39-42-23-18-17-19-24-42)58-34-22-36-60(52(62)65-54(7,8)9)35-21-20-33-59-51(61)64-53(4,5)6/h17-19,23-24,40-41,43-50,58H,20-22,25-39H2,1-16H3,(H,59,61)/t41-,43?,44?,45-,46+,47+,48?,49-,50+,56+,57-/m1/s1. The molecule has 67 heavy (non-hydrogen) atoms. The third-order valence-corrected chi connectivity index (χ3v) is 22.3. The highest BCUT2D eigenvalue weighted by Gasteiger charge is 2.63. The van der Waals surface area contributed by atoms with Gasteiger partial charge in [-0.1, -0.05) is 85.7 Å². The van der Waals surface area contributed by atoms with Crippen LogP contribution in [-0.4, -0.2) is 81.0 Å². The fraction of sp³-hybridized carbons (Fsp3) is 0.860. The van der Waals surface area contributed by atoms with Gasteiger partial charge in [0.1, 0.15) is 11.2 Å². The van der Waals surface area contributed by atoms with Gasteiger partial charge in [0.05, 0.1) is 12.7 Å². The van der Waals surface area contributed by atoms with E-state index in [-0.39, 0.29) is 17.2 Å². The molecule has 0 bridgehead atoms. The van der Waals surface area contributed by atoms with Crippen LogP contribution in [-0.2, 0) is 25.2 Å². The number of rotatable bonds is 20. The second-order valence-corrected chi connectivity index (χ2v) is 31.1. The average molecular weight is 953 g/mol. The summed E-state index contributed by atoms with van der Waals surface area (Å²) in [6.45, 7) is 39.3. The Morgan fingerprint density at radius 2 is 1.42 bits per heavy atom. The zero-order valence-corrected chi connectivity index (χ0v) is 46.8. The first-order chi connectivity index (χ1) is 31.1. The summed E-state index contributed by atoms with van der Waals surface area (Å²) in [5.74, 6) is 4.64. The maximum atomic E-state index is 13.3. The third kappa shape index (κ3) is 14.9. The minimum Gasteiger partial charge on any atom is -0.444 e.